The van der Waals surface area contributed by atoms with Crippen LogP contribution < -0.4 is 20.7 Å². The Morgan fingerprint density at radius 3 is 2.83 bits per heavy atom. The minimum absolute atomic E-state index is 0.256. The van der Waals surface area contributed by atoms with Crippen LogP contribution in [0.2, 0.25) is 5.02 Å². The number of rotatable bonds is 1. The molecule has 0 spiro atoms. The Balaban J connectivity index is 1.26. The van der Waals surface area contributed by atoms with Gasteiger partial charge in [0.15, 0.2) is 0 Å². The van der Waals surface area contributed by atoms with Gasteiger partial charge in [-0.2, -0.15) is 0 Å². The van der Waals surface area contributed by atoms with Gasteiger partial charge in [-0.3, -0.25) is 0 Å². The molecule has 7 rings (SSSR count). The zero-order valence-electron chi connectivity index (χ0n) is 16.7. The highest BCUT2D eigenvalue weighted by Gasteiger charge is 2.41. The van der Waals surface area contributed by atoms with Gasteiger partial charge in [0.25, 0.3) is 0 Å². The fourth-order valence-electron chi connectivity index (χ4n) is 6.06. The Morgan fingerprint density at radius 2 is 1.90 bits per heavy atom. The number of hydrogen-bond acceptors (Lipinski definition) is 4. The SMILES string of the molecule is Clc1ccc2c(c1)OCc1cc3c4c(ccc3cc1-2)NC(C1CC2CCCC2N1)N4. The molecule has 0 bridgehead atoms. The second kappa shape index (κ2) is 6.29. The Morgan fingerprint density at radius 1 is 0.933 bits per heavy atom. The summed E-state index contributed by atoms with van der Waals surface area (Å²) < 4.78 is 6.01. The van der Waals surface area contributed by atoms with E-state index in [2.05, 4.69) is 46.3 Å². The van der Waals surface area contributed by atoms with Crippen molar-refractivity contribution in [3.05, 3.63) is 53.1 Å². The Bertz CT molecular complexity index is 1180. The third kappa shape index (κ3) is 2.50. The summed E-state index contributed by atoms with van der Waals surface area (Å²) in [4.78, 5) is 0. The monoisotopic (exact) mass is 417 g/mol. The van der Waals surface area contributed by atoms with Crippen molar-refractivity contribution in [3.8, 4) is 16.9 Å². The smallest absolute Gasteiger partial charge is 0.129 e. The third-order valence-corrected chi connectivity index (χ3v) is 7.75. The Kier molecular flexibility index (Phi) is 3.62. The van der Waals surface area contributed by atoms with Gasteiger partial charge < -0.3 is 20.7 Å². The van der Waals surface area contributed by atoms with Gasteiger partial charge in [0.2, 0.25) is 0 Å². The molecule has 0 amide bonds. The summed E-state index contributed by atoms with van der Waals surface area (Å²) in [6.07, 6.45) is 5.63. The number of halogens is 1. The summed E-state index contributed by atoms with van der Waals surface area (Å²) in [5, 5.41) is 14.7. The molecule has 0 radical (unpaired) electrons. The second-order valence-corrected chi connectivity index (χ2v) is 9.66. The quantitative estimate of drug-likeness (QED) is 0.472. The Hall–Kier alpha value is -2.43. The van der Waals surface area contributed by atoms with Crippen molar-refractivity contribution in [2.24, 2.45) is 5.92 Å². The highest BCUT2D eigenvalue weighted by Crippen LogP contribution is 2.45. The van der Waals surface area contributed by atoms with Gasteiger partial charge in [-0.25, -0.2) is 0 Å². The number of hydrogen-bond donors (Lipinski definition) is 3. The maximum Gasteiger partial charge on any atom is 0.129 e. The second-order valence-electron chi connectivity index (χ2n) is 9.22. The van der Waals surface area contributed by atoms with Crippen LogP contribution in [-0.2, 0) is 6.61 Å². The molecule has 5 heteroatoms. The summed E-state index contributed by atoms with van der Waals surface area (Å²) in [5.74, 6) is 1.73. The van der Waals surface area contributed by atoms with Crippen molar-refractivity contribution in [3.63, 3.8) is 0 Å². The molecule has 30 heavy (non-hydrogen) atoms. The zero-order chi connectivity index (χ0) is 19.8. The third-order valence-electron chi connectivity index (χ3n) is 7.52. The van der Waals surface area contributed by atoms with Crippen molar-refractivity contribution in [1.82, 2.24) is 5.32 Å². The van der Waals surface area contributed by atoms with Gasteiger partial charge in [-0.05, 0) is 78.1 Å². The van der Waals surface area contributed by atoms with Crippen LogP contribution in [0.5, 0.6) is 5.75 Å². The predicted octanol–water partition coefficient (Wildman–Crippen LogP) is 5.75. The van der Waals surface area contributed by atoms with Gasteiger partial charge >= 0.3 is 0 Å². The maximum atomic E-state index is 6.16. The fourth-order valence-corrected chi connectivity index (χ4v) is 6.22. The van der Waals surface area contributed by atoms with E-state index >= 15 is 0 Å². The molecule has 3 N–H and O–H groups in total. The van der Waals surface area contributed by atoms with E-state index in [0.717, 1.165) is 23.3 Å². The number of ether oxygens (including phenoxy) is 1. The van der Waals surface area contributed by atoms with E-state index in [4.69, 9.17) is 16.3 Å². The van der Waals surface area contributed by atoms with E-state index in [1.165, 1.54) is 59.0 Å². The predicted molar refractivity (Wildman–Crippen MR) is 122 cm³/mol. The van der Waals surface area contributed by atoms with Gasteiger partial charge in [-0.15, -0.1) is 0 Å². The van der Waals surface area contributed by atoms with E-state index in [0.29, 0.717) is 17.7 Å². The molecule has 0 aromatic heterocycles. The van der Waals surface area contributed by atoms with Gasteiger partial charge in [-0.1, -0.05) is 24.1 Å². The molecule has 4 unspecified atom stereocenters. The lowest BCUT2D eigenvalue weighted by molar-refractivity contribution is 0.302. The van der Waals surface area contributed by atoms with E-state index in [-0.39, 0.29) is 6.17 Å². The zero-order valence-corrected chi connectivity index (χ0v) is 17.4. The van der Waals surface area contributed by atoms with Crippen LogP contribution >= 0.6 is 11.6 Å². The minimum atomic E-state index is 0.256. The molecule has 3 heterocycles. The lowest BCUT2D eigenvalue weighted by Gasteiger charge is -2.23. The summed E-state index contributed by atoms with van der Waals surface area (Å²) in [6, 6.07) is 16.2. The van der Waals surface area contributed by atoms with Crippen molar-refractivity contribution >= 4 is 33.7 Å². The van der Waals surface area contributed by atoms with E-state index < -0.39 is 0 Å². The van der Waals surface area contributed by atoms with Gasteiger partial charge in [0.1, 0.15) is 18.5 Å². The first-order valence-corrected chi connectivity index (χ1v) is 11.4. The first-order valence-electron chi connectivity index (χ1n) is 11.0. The molecule has 4 atom stereocenters. The topological polar surface area (TPSA) is 45.3 Å². The maximum absolute atomic E-state index is 6.16. The van der Waals surface area contributed by atoms with Crippen LogP contribution in [0.15, 0.2) is 42.5 Å². The summed E-state index contributed by atoms with van der Waals surface area (Å²) in [5.41, 5.74) is 6.02. The molecule has 3 aromatic rings. The number of nitrogens with one attached hydrogen (secondary N) is 3. The molecule has 152 valence electrons. The largest absolute Gasteiger partial charge is 0.488 e. The normalized spacial score (nSPS) is 28.2. The molecular weight excluding hydrogens is 394 g/mol. The standard InChI is InChI=1S/C25H24ClN3O/c26-16-5-6-17-18-8-13-4-7-21-24(19(13)9-15(18)12-30-23(17)11-16)29-25(28-21)22-10-14-2-1-3-20(14)27-22/h4-9,11,14,20,22,25,27-29H,1-3,10,12H2. The molecular formula is C25H24ClN3O. The van der Waals surface area contributed by atoms with Crippen LogP contribution in [0.25, 0.3) is 21.9 Å². The fraction of sp³-hybridized carbons (Fsp3) is 0.360. The molecule has 3 aromatic carbocycles. The van der Waals surface area contributed by atoms with Crippen LogP contribution in [0.4, 0.5) is 11.4 Å². The van der Waals surface area contributed by atoms with Crippen LogP contribution in [0.1, 0.15) is 31.2 Å². The van der Waals surface area contributed by atoms with Crippen molar-refractivity contribution < 1.29 is 4.74 Å². The van der Waals surface area contributed by atoms with E-state index in [1.807, 2.05) is 12.1 Å². The Labute approximate surface area is 180 Å². The molecule has 1 aliphatic carbocycles. The highest BCUT2D eigenvalue weighted by atomic mass is 35.5. The molecule has 1 saturated carbocycles. The minimum Gasteiger partial charge on any atom is -0.488 e. The van der Waals surface area contributed by atoms with E-state index in [9.17, 15) is 0 Å². The van der Waals surface area contributed by atoms with Crippen molar-refractivity contribution in [1.29, 1.82) is 0 Å². The van der Waals surface area contributed by atoms with Crippen LogP contribution in [0, 0.1) is 5.92 Å². The summed E-state index contributed by atoms with van der Waals surface area (Å²) in [6.45, 7) is 0.576. The summed E-state index contributed by atoms with van der Waals surface area (Å²) >= 11 is 6.16. The van der Waals surface area contributed by atoms with Gasteiger partial charge in [0, 0.05) is 28.1 Å². The molecule has 2 fully saturated rings. The van der Waals surface area contributed by atoms with Crippen molar-refractivity contribution in [2.45, 2.75) is 50.5 Å². The number of anilines is 2. The average Bonchev–Trinajstić information content (AvgIpc) is 3.46. The highest BCUT2D eigenvalue weighted by molar-refractivity contribution is 6.30. The first-order chi connectivity index (χ1) is 14.7. The van der Waals surface area contributed by atoms with Crippen LogP contribution in [0.3, 0.4) is 0 Å². The van der Waals surface area contributed by atoms with Crippen LogP contribution in [-0.4, -0.2) is 18.2 Å². The first kappa shape index (κ1) is 17.3. The average molecular weight is 418 g/mol. The molecule has 3 aliphatic heterocycles. The number of fused-ring (bicyclic) bond motifs is 7. The van der Waals surface area contributed by atoms with Gasteiger partial charge in [0.05, 0.1) is 11.4 Å². The lowest BCUT2D eigenvalue weighted by Crippen LogP contribution is -2.44. The summed E-state index contributed by atoms with van der Waals surface area (Å²) in [7, 11) is 0. The number of benzene rings is 3. The molecule has 4 nitrogen and oxygen atoms in total. The van der Waals surface area contributed by atoms with Crippen molar-refractivity contribution in [2.75, 3.05) is 10.6 Å². The van der Waals surface area contributed by atoms with E-state index in [1.54, 1.807) is 0 Å². The molecule has 4 aliphatic rings. The lowest BCUT2D eigenvalue weighted by atomic mass is 9.93. The molecule has 1 saturated heterocycles.